The molecule has 1 aliphatic heterocycles. The number of rotatable bonds is 2. The van der Waals surface area contributed by atoms with Crippen LogP contribution in [0.4, 0.5) is 10.6 Å². The standard InChI is InChI=1S/C19H22N4O/c24-19(21-17-9-8-15-5-1-2-6-16(15)17)23-13-11-22(12-14-23)18-7-3-4-10-20-18/h1-7,10,17H,8-9,11-14H2,(H,21,24). The Morgan fingerprint density at radius 1 is 1.04 bits per heavy atom. The zero-order chi connectivity index (χ0) is 16.4. The van der Waals surface area contributed by atoms with E-state index in [1.807, 2.05) is 29.3 Å². The van der Waals surface area contributed by atoms with Crippen LogP contribution in [-0.2, 0) is 6.42 Å². The molecule has 1 fully saturated rings. The Balaban J connectivity index is 1.34. The molecule has 1 aromatic heterocycles. The number of pyridine rings is 1. The fraction of sp³-hybridized carbons (Fsp3) is 0.368. The Bertz CT molecular complexity index is 710. The van der Waals surface area contributed by atoms with Crippen LogP contribution in [0.15, 0.2) is 48.7 Å². The summed E-state index contributed by atoms with van der Waals surface area (Å²) in [5, 5.41) is 3.21. The first kappa shape index (κ1) is 15.0. The van der Waals surface area contributed by atoms with Gasteiger partial charge in [0.15, 0.2) is 0 Å². The number of aromatic nitrogens is 1. The smallest absolute Gasteiger partial charge is 0.318 e. The number of nitrogens with zero attached hydrogens (tertiary/aromatic N) is 3. The highest BCUT2D eigenvalue weighted by molar-refractivity contribution is 5.75. The highest BCUT2D eigenvalue weighted by atomic mass is 16.2. The maximum atomic E-state index is 12.6. The molecule has 2 aromatic rings. The number of amides is 2. The second-order valence-electron chi connectivity index (χ2n) is 6.40. The Labute approximate surface area is 142 Å². The largest absolute Gasteiger partial charge is 0.353 e. The van der Waals surface area contributed by atoms with E-state index in [0.29, 0.717) is 0 Å². The molecular weight excluding hydrogens is 300 g/mol. The van der Waals surface area contributed by atoms with Crippen molar-refractivity contribution in [2.24, 2.45) is 0 Å². The number of fused-ring (bicyclic) bond motifs is 1. The van der Waals surface area contributed by atoms with E-state index in [1.165, 1.54) is 11.1 Å². The highest BCUT2D eigenvalue weighted by Gasteiger charge is 2.27. The van der Waals surface area contributed by atoms with Gasteiger partial charge in [0.05, 0.1) is 6.04 Å². The Morgan fingerprint density at radius 3 is 2.62 bits per heavy atom. The molecule has 124 valence electrons. The molecule has 4 rings (SSSR count). The summed E-state index contributed by atoms with van der Waals surface area (Å²) in [5.41, 5.74) is 2.64. The Hall–Kier alpha value is -2.56. The SMILES string of the molecule is O=C(NC1CCc2ccccc21)N1CCN(c2ccccn2)CC1. The van der Waals surface area contributed by atoms with E-state index in [0.717, 1.165) is 44.8 Å². The molecule has 1 saturated heterocycles. The van der Waals surface area contributed by atoms with Gasteiger partial charge in [-0.15, -0.1) is 0 Å². The van der Waals surface area contributed by atoms with Gasteiger partial charge in [0.1, 0.15) is 5.82 Å². The number of hydrogen-bond donors (Lipinski definition) is 1. The van der Waals surface area contributed by atoms with E-state index in [1.54, 1.807) is 0 Å². The van der Waals surface area contributed by atoms with Crippen LogP contribution in [0, 0.1) is 0 Å². The molecule has 24 heavy (non-hydrogen) atoms. The molecular formula is C19H22N4O. The molecule has 2 heterocycles. The summed E-state index contributed by atoms with van der Waals surface area (Å²) in [6.07, 6.45) is 3.86. The predicted octanol–water partition coefficient (Wildman–Crippen LogP) is 2.60. The van der Waals surface area contributed by atoms with Crippen molar-refractivity contribution in [2.75, 3.05) is 31.1 Å². The van der Waals surface area contributed by atoms with Crippen molar-refractivity contribution >= 4 is 11.8 Å². The van der Waals surface area contributed by atoms with E-state index in [2.05, 4.69) is 39.5 Å². The predicted molar refractivity (Wildman–Crippen MR) is 94.1 cm³/mol. The maximum Gasteiger partial charge on any atom is 0.318 e. The normalized spacial score (nSPS) is 19.9. The molecule has 1 atom stereocenters. The minimum absolute atomic E-state index is 0.0531. The van der Waals surface area contributed by atoms with Gasteiger partial charge in [-0.3, -0.25) is 0 Å². The summed E-state index contributed by atoms with van der Waals surface area (Å²) < 4.78 is 0. The average Bonchev–Trinajstić information content (AvgIpc) is 3.06. The van der Waals surface area contributed by atoms with Crippen molar-refractivity contribution in [1.82, 2.24) is 15.2 Å². The summed E-state index contributed by atoms with van der Waals surface area (Å²) in [6.45, 7) is 3.12. The molecule has 1 aromatic carbocycles. The lowest BCUT2D eigenvalue weighted by Crippen LogP contribution is -2.52. The quantitative estimate of drug-likeness (QED) is 0.924. The van der Waals surface area contributed by atoms with Gasteiger partial charge in [0, 0.05) is 32.4 Å². The van der Waals surface area contributed by atoms with Gasteiger partial charge >= 0.3 is 6.03 Å². The summed E-state index contributed by atoms with van der Waals surface area (Å²) in [6, 6.07) is 14.6. The molecule has 0 spiro atoms. The first-order chi connectivity index (χ1) is 11.8. The van der Waals surface area contributed by atoms with Crippen LogP contribution in [0.2, 0.25) is 0 Å². The highest BCUT2D eigenvalue weighted by Crippen LogP contribution is 2.30. The van der Waals surface area contributed by atoms with Crippen LogP contribution in [-0.4, -0.2) is 42.1 Å². The number of anilines is 1. The van der Waals surface area contributed by atoms with Crippen molar-refractivity contribution in [1.29, 1.82) is 0 Å². The van der Waals surface area contributed by atoms with Gasteiger partial charge in [-0.1, -0.05) is 30.3 Å². The molecule has 2 amide bonds. The van der Waals surface area contributed by atoms with E-state index in [9.17, 15) is 4.79 Å². The topological polar surface area (TPSA) is 48.5 Å². The first-order valence-electron chi connectivity index (χ1n) is 8.60. The Morgan fingerprint density at radius 2 is 1.83 bits per heavy atom. The van der Waals surface area contributed by atoms with Crippen molar-refractivity contribution in [3.63, 3.8) is 0 Å². The zero-order valence-corrected chi connectivity index (χ0v) is 13.7. The van der Waals surface area contributed by atoms with Crippen molar-refractivity contribution in [2.45, 2.75) is 18.9 Å². The van der Waals surface area contributed by atoms with E-state index < -0.39 is 0 Å². The summed E-state index contributed by atoms with van der Waals surface area (Å²) in [5.74, 6) is 0.988. The van der Waals surface area contributed by atoms with Gasteiger partial charge in [-0.25, -0.2) is 9.78 Å². The first-order valence-corrected chi connectivity index (χ1v) is 8.60. The second-order valence-corrected chi connectivity index (χ2v) is 6.40. The fourth-order valence-electron chi connectivity index (χ4n) is 3.63. The van der Waals surface area contributed by atoms with Crippen molar-refractivity contribution in [3.8, 4) is 0 Å². The van der Waals surface area contributed by atoms with Crippen LogP contribution in [0.25, 0.3) is 0 Å². The van der Waals surface area contributed by atoms with Crippen molar-refractivity contribution < 1.29 is 4.79 Å². The number of carbonyl (C=O) groups is 1. The second kappa shape index (κ2) is 6.51. The van der Waals surface area contributed by atoms with Crippen molar-refractivity contribution in [3.05, 3.63) is 59.8 Å². The van der Waals surface area contributed by atoms with Gasteiger partial charge in [0.25, 0.3) is 0 Å². The molecule has 2 aliphatic rings. The van der Waals surface area contributed by atoms with Crippen LogP contribution in [0.5, 0.6) is 0 Å². The maximum absolute atomic E-state index is 12.6. The summed E-state index contributed by atoms with van der Waals surface area (Å²) >= 11 is 0. The van der Waals surface area contributed by atoms with Crippen LogP contribution < -0.4 is 10.2 Å². The van der Waals surface area contributed by atoms with Crippen LogP contribution >= 0.6 is 0 Å². The van der Waals surface area contributed by atoms with Gasteiger partial charge in [-0.05, 0) is 36.1 Å². The van der Waals surface area contributed by atoms with E-state index in [-0.39, 0.29) is 12.1 Å². The molecule has 0 saturated carbocycles. The van der Waals surface area contributed by atoms with Gasteiger partial charge in [0.2, 0.25) is 0 Å². The Kier molecular flexibility index (Phi) is 4.07. The third-order valence-corrected chi connectivity index (χ3v) is 4.97. The number of piperazine rings is 1. The number of urea groups is 1. The third kappa shape index (κ3) is 2.94. The molecule has 1 N–H and O–H groups in total. The average molecular weight is 322 g/mol. The lowest BCUT2D eigenvalue weighted by atomic mass is 10.1. The van der Waals surface area contributed by atoms with Crippen LogP contribution in [0.3, 0.4) is 0 Å². The molecule has 0 radical (unpaired) electrons. The van der Waals surface area contributed by atoms with Crippen LogP contribution in [0.1, 0.15) is 23.6 Å². The molecule has 0 bridgehead atoms. The number of hydrogen-bond acceptors (Lipinski definition) is 3. The molecule has 5 heteroatoms. The third-order valence-electron chi connectivity index (χ3n) is 4.97. The molecule has 5 nitrogen and oxygen atoms in total. The molecule has 1 aliphatic carbocycles. The number of benzene rings is 1. The fourth-order valence-corrected chi connectivity index (χ4v) is 3.63. The number of nitrogens with one attached hydrogen (secondary N) is 1. The summed E-state index contributed by atoms with van der Waals surface area (Å²) in [7, 11) is 0. The van der Waals surface area contributed by atoms with Gasteiger partial charge < -0.3 is 15.1 Å². The minimum atomic E-state index is 0.0531. The lowest BCUT2D eigenvalue weighted by Gasteiger charge is -2.36. The number of carbonyl (C=O) groups excluding carboxylic acids is 1. The van der Waals surface area contributed by atoms with E-state index in [4.69, 9.17) is 0 Å². The number of aryl methyl sites for hydroxylation is 1. The minimum Gasteiger partial charge on any atom is -0.353 e. The lowest BCUT2D eigenvalue weighted by molar-refractivity contribution is 0.190. The molecule has 1 unspecified atom stereocenters. The zero-order valence-electron chi connectivity index (χ0n) is 13.7. The van der Waals surface area contributed by atoms with E-state index >= 15 is 0 Å². The summed E-state index contributed by atoms with van der Waals surface area (Å²) in [4.78, 5) is 21.1. The monoisotopic (exact) mass is 322 g/mol. The van der Waals surface area contributed by atoms with Gasteiger partial charge in [-0.2, -0.15) is 0 Å².